The van der Waals surface area contributed by atoms with Crippen molar-refractivity contribution < 1.29 is 26.7 Å². The summed E-state index contributed by atoms with van der Waals surface area (Å²) in [6, 6.07) is 11.6. The van der Waals surface area contributed by atoms with Gasteiger partial charge in [0.15, 0.2) is 0 Å². The molecule has 1 fully saturated rings. The van der Waals surface area contributed by atoms with Crippen molar-refractivity contribution in [2.24, 2.45) is 0 Å². The molecule has 2 aromatic rings. The second-order valence-electron chi connectivity index (χ2n) is 9.04. The zero-order valence-electron chi connectivity index (χ0n) is 18.4. The molecule has 5 nitrogen and oxygen atoms in total. The molecule has 2 N–H and O–H groups in total. The number of ether oxygens (including phenoxy) is 1. The maximum Gasteiger partial charge on any atom is 0.416 e. The molecule has 0 spiro atoms. The van der Waals surface area contributed by atoms with E-state index in [9.17, 15) is 21.9 Å². The fraction of sp³-hybridized carbons (Fsp3) is 0.500. The summed E-state index contributed by atoms with van der Waals surface area (Å²) in [6.45, 7) is 0.386. The Kier molecular flexibility index (Phi) is 7.14. The summed E-state index contributed by atoms with van der Waals surface area (Å²) < 4.78 is 70.2. The fourth-order valence-corrected chi connectivity index (χ4v) is 5.68. The summed E-state index contributed by atoms with van der Waals surface area (Å²) in [5, 5.41) is 3.31. The number of hydrogen-bond donors (Lipinski definition) is 2. The SMILES string of the molecule is CNC1Cc2ccc(OCCC3(NS(=O)[O-])CCC3)cc2C1Cc1cccc(C(F)(F)F)c1. The highest BCUT2D eigenvalue weighted by Crippen LogP contribution is 2.39. The molecule has 0 aromatic heterocycles. The van der Waals surface area contributed by atoms with E-state index in [4.69, 9.17) is 4.74 Å². The van der Waals surface area contributed by atoms with Crippen molar-refractivity contribution in [1.82, 2.24) is 10.0 Å². The molecular formula is C24H28F3N2O3S-. The molecule has 180 valence electrons. The van der Waals surface area contributed by atoms with Crippen LogP contribution in [0.3, 0.4) is 0 Å². The molecule has 0 radical (unpaired) electrons. The standard InChI is InChI=1S/C24H29F3N2O3S/c1-28-22-14-17-6-7-19(32-11-10-23(8-3-9-23)29-33(30)31)15-20(17)21(22)13-16-4-2-5-18(12-16)24(25,26)27/h2,4-7,12,15,21-22,28-29H,3,8-11,13-14H2,1H3,(H,30,31)/p-1. The Morgan fingerprint density at radius 2 is 2.00 bits per heavy atom. The van der Waals surface area contributed by atoms with E-state index in [2.05, 4.69) is 10.0 Å². The predicted molar refractivity (Wildman–Crippen MR) is 120 cm³/mol. The topological polar surface area (TPSA) is 73.4 Å². The third kappa shape index (κ3) is 5.59. The lowest BCUT2D eigenvalue weighted by Gasteiger charge is -2.43. The van der Waals surface area contributed by atoms with Crippen molar-refractivity contribution in [2.45, 2.75) is 62.2 Å². The largest absolute Gasteiger partial charge is 0.760 e. The third-order valence-electron chi connectivity index (χ3n) is 6.98. The van der Waals surface area contributed by atoms with Crippen LogP contribution < -0.4 is 14.8 Å². The Labute approximate surface area is 194 Å². The van der Waals surface area contributed by atoms with Gasteiger partial charge in [0.2, 0.25) is 0 Å². The van der Waals surface area contributed by atoms with Gasteiger partial charge in [0.05, 0.1) is 12.2 Å². The van der Waals surface area contributed by atoms with Crippen molar-refractivity contribution in [3.63, 3.8) is 0 Å². The van der Waals surface area contributed by atoms with Crippen molar-refractivity contribution >= 4 is 11.3 Å². The predicted octanol–water partition coefficient (Wildman–Crippen LogP) is 4.25. The van der Waals surface area contributed by atoms with Gasteiger partial charge >= 0.3 is 6.18 Å². The molecule has 3 unspecified atom stereocenters. The summed E-state index contributed by atoms with van der Waals surface area (Å²) >= 11 is -2.30. The number of halogens is 3. The maximum atomic E-state index is 13.2. The molecule has 9 heteroatoms. The quantitative estimate of drug-likeness (QED) is 0.525. The lowest BCUT2D eigenvalue weighted by atomic mass is 9.75. The minimum absolute atomic E-state index is 0.0274. The molecule has 0 saturated heterocycles. The van der Waals surface area contributed by atoms with Crippen LogP contribution in [0.25, 0.3) is 0 Å². The fourth-order valence-electron chi connectivity index (χ4n) is 5.02. The van der Waals surface area contributed by atoms with Crippen molar-refractivity contribution in [3.8, 4) is 5.75 Å². The van der Waals surface area contributed by atoms with Gasteiger partial charge in [-0.15, -0.1) is 0 Å². The summed E-state index contributed by atoms with van der Waals surface area (Å²) in [7, 11) is 1.87. The molecule has 4 rings (SSSR count). The van der Waals surface area contributed by atoms with E-state index in [1.165, 1.54) is 12.1 Å². The Bertz CT molecular complexity index is 1010. The smallest absolute Gasteiger partial charge is 0.416 e. The second kappa shape index (κ2) is 9.74. The van der Waals surface area contributed by atoms with Crippen molar-refractivity contribution in [3.05, 3.63) is 64.7 Å². The van der Waals surface area contributed by atoms with E-state index in [1.807, 2.05) is 25.2 Å². The molecule has 2 aliphatic carbocycles. The Balaban J connectivity index is 1.47. The zero-order chi connectivity index (χ0) is 23.6. The Morgan fingerprint density at radius 1 is 1.21 bits per heavy atom. The van der Waals surface area contributed by atoms with Gasteiger partial charge in [-0.25, -0.2) is 4.72 Å². The molecule has 0 amide bonds. The van der Waals surface area contributed by atoms with Gasteiger partial charge in [0.1, 0.15) is 5.75 Å². The first-order valence-corrected chi connectivity index (χ1v) is 12.2. The van der Waals surface area contributed by atoms with E-state index in [0.29, 0.717) is 30.8 Å². The number of alkyl halides is 3. The van der Waals surface area contributed by atoms with Gasteiger partial charge in [-0.05, 0) is 74.0 Å². The van der Waals surface area contributed by atoms with Crippen LogP contribution in [0.5, 0.6) is 5.75 Å². The highest BCUT2D eigenvalue weighted by atomic mass is 32.2. The van der Waals surface area contributed by atoms with Crippen LogP contribution in [-0.4, -0.2) is 34.0 Å². The van der Waals surface area contributed by atoms with Gasteiger partial charge in [0, 0.05) is 35.2 Å². The van der Waals surface area contributed by atoms with Gasteiger partial charge in [-0.2, -0.15) is 13.2 Å². The normalized spacial score (nSPS) is 22.5. The first-order valence-electron chi connectivity index (χ1n) is 11.2. The summed E-state index contributed by atoms with van der Waals surface area (Å²) in [4.78, 5) is 0. The van der Waals surface area contributed by atoms with Crippen LogP contribution in [0.2, 0.25) is 0 Å². The highest BCUT2D eigenvalue weighted by molar-refractivity contribution is 7.77. The first-order chi connectivity index (χ1) is 15.7. The van der Waals surface area contributed by atoms with Crippen LogP contribution >= 0.6 is 0 Å². The number of benzene rings is 2. The van der Waals surface area contributed by atoms with E-state index in [1.54, 1.807) is 6.07 Å². The zero-order valence-corrected chi connectivity index (χ0v) is 19.2. The molecule has 0 bridgehead atoms. The monoisotopic (exact) mass is 481 g/mol. The van der Waals surface area contributed by atoms with Crippen LogP contribution in [0, 0.1) is 0 Å². The second-order valence-corrected chi connectivity index (χ2v) is 9.71. The minimum Gasteiger partial charge on any atom is -0.760 e. The van der Waals surface area contributed by atoms with E-state index >= 15 is 0 Å². The molecule has 0 heterocycles. The molecular weight excluding hydrogens is 453 g/mol. The number of fused-ring (bicyclic) bond motifs is 1. The van der Waals surface area contributed by atoms with Crippen LogP contribution in [0.1, 0.15) is 53.9 Å². The molecule has 1 saturated carbocycles. The third-order valence-corrected chi connectivity index (χ3v) is 7.58. The average Bonchev–Trinajstić information content (AvgIpc) is 3.08. The maximum absolute atomic E-state index is 13.2. The molecule has 3 atom stereocenters. The van der Waals surface area contributed by atoms with Crippen LogP contribution in [-0.2, 0) is 30.3 Å². The van der Waals surface area contributed by atoms with Gasteiger partial charge in [-0.3, -0.25) is 4.21 Å². The van der Waals surface area contributed by atoms with Crippen LogP contribution in [0.15, 0.2) is 42.5 Å². The Morgan fingerprint density at radius 3 is 2.64 bits per heavy atom. The number of hydrogen-bond acceptors (Lipinski definition) is 4. The van der Waals surface area contributed by atoms with Crippen molar-refractivity contribution in [1.29, 1.82) is 0 Å². The van der Waals surface area contributed by atoms with Gasteiger partial charge in [0.25, 0.3) is 0 Å². The first kappa shape index (κ1) is 24.2. The highest BCUT2D eigenvalue weighted by Gasteiger charge is 2.37. The average molecular weight is 482 g/mol. The Hall–Kier alpha value is -1.94. The minimum atomic E-state index is -4.36. The van der Waals surface area contributed by atoms with Crippen molar-refractivity contribution in [2.75, 3.05) is 13.7 Å². The summed E-state index contributed by atoms with van der Waals surface area (Å²) in [6.07, 6.45) is 0.121. The van der Waals surface area contributed by atoms with E-state index in [-0.39, 0.29) is 12.0 Å². The number of nitrogens with one attached hydrogen (secondary N) is 2. The van der Waals surface area contributed by atoms with Gasteiger partial charge < -0.3 is 14.6 Å². The lowest BCUT2D eigenvalue weighted by molar-refractivity contribution is -0.137. The lowest BCUT2D eigenvalue weighted by Crippen LogP contribution is -2.52. The summed E-state index contributed by atoms with van der Waals surface area (Å²) in [5.41, 5.74) is 1.86. The molecule has 2 aromatic carbocycles. The molecule has 0 aliphatic heterocycles. The molecule has 2 aliphatic rings. The van der Waals surface area contributed by atoms with E-state index < -0.39 is 28.5 Å². The van der Waals surface area contributed by atoms with E-state index in [0.717, 1.165) is 42.9 Å². The summed E-state index contributed by atoms with van der Waals surface area (Å²) in [5.74, 6) is 0.719. The van der Waals surface area contributed by atoms with Gasteiger partial charge in [-0.1, -0.05) is 24.3 Å². The molecule has 33 heavy (non-hydrogen) atoms. The number of likely N-dealkylation sites (N-methyl/N-ethyl adjacent to an activating group) is 1. The van der Waals surface area contributed by atoms with Crippen LogP contribution in [0.4, 0.5) is 13.2 Å². The number of rotatable bonds is 9.